The van der Waals surface area contributed by atoms with E-state index in [2.05, 4.69) is 10.2 Å². The van der Waals surface area contributed by atoms with E-state index in [9.17, 15) is 4.79 Å². The summed E-state index contributed by atoms with van der Waals surface area (Å²) in [5.74, 6) is 1.30. The van der Waals surface area contributed by atoms with Crippen LogP contribution in [0.5, 0.6) is 0 Å². The lowest BCUT2D eigenvalue weighted by atomic mass is 9.97. The summed E-state index contributed by atoms with van der Waals surface area (Å²) in [5, 5.41) is 8.42. The summed E-state index contributed by atoms with van der Waals surface area (Å²) in [6.45, 7) is 3.38. The number of amides is 1. The largest absolute Gasteiger partial charge is 0.420 e. The van der Waals surface area contributed by atoms with Gasteiger partial charge in [0.05, 0.1) is 5.92 Å². The van der Waals surface area contributed by atoms with Crippen LogP contribution >= 0.6 is 0 Å². The molecular formula is C21H21N3O2. The summed E-state index contributed by atoms with van der Waals surface area (Å²) in [5.41, 5.74) is 2.74. The van der Waals surface area contributed by atoms with Gasteiger partial charge in [-0.3, -0.25) is 4.79 Å². The highest BCUT2D eigenvalue weighted by atomic mass is 16.4. The van der Waals surface area contributed by atoms with Crippen LogP contribution in [-0.2, 0) is 0 Å². The molecule has 26 heavy (non-hydrogen) atoms. The zero-order valence-corrected chi connectivity index (χ0v) is 14.8. The third kappa shape index (κ3) is 3.38. The van der Waals surface area contributed by atoms with E-state index >= 15 is 0 Å². The number of aryl methyl sites for hydroxylation is 1. The first-order valence-corrected chi connectivity index (χ1v) is 8.95. The smallest absolute Gasteiger partial charge is 0.253 e. The molecule has 1 aliphatic heterocycles. The van der Waals surface area contributed by atoms with Crippen molar-refractivity contribution in [1.82, 2.24) is 15.1 Å². The molecule has 0 saturated carbocycles. The molecule has 0 radical (unpaired) electrons. The van der Waals surface area contributed by atoms with E-state index in [1.807, 2.05) is 66.4 Å². The van der Waals surface area contributed by atoms with Crippen molar-refractivity contribution in [2.24, 2.45) is 0 Å². The van der Waals surface area contributed by atoms with Crippen molar-refractivity contribution in [3.8, 4) is 11.5 Å². The Morgan fingerprint density at radius 3 is 2.77 bits per heavy atom. The zero-order chi connectivity index (χ0) is 17.9. The molecule has 2 aromatic carbocycles. The van der Waals surface area contributed by atoms with Crippen molar-refractivity contribution in [3.63, 3.8) is 0 Å². The SMILES string of the molecule is Cc1cccc(C(=O)N2CCC[C@@H](c3nnc(-c4ccccc4)o3)C2)c1. The van der Waals surface area contributed by atoms with Gasteiger partial charge in [0.25, 0.3) is 5.91 Å². The highest BCUT2D eigenvalue weighted by Gasteiger charge is 2.29. The minimum absolute atomic E-state index is 0.0706. The lowest BCUT2D eigenvalue weighted by Crippen LogP contribution is -2.39. The van der Waals surface area contributed by atoms with Crippen LogP contribution in [0.1, 0.15) is 40.6 Å². The van der Waals surface area contributed by atoms with Crippen LogP contribution in [-0.4, -0.2) is 34.1 Å². The number of aromatic nitrogens is 2. The standard InChI is InChI=1S/C21H21N3O2/c1-15-7-5-10-17(13-15)21(25)24-12-6-11-18(14-24)20-23-22-19(26-20)16-8-3-2-4-9-16/h2-5,7-10,13,18H,6,11-12,14H2,1H3/t18-/m1/s1. The lowest BCUT2D eigenvalue weighted by molar-refractivity contribution is 0.0698. The van der Waals surface area contributed by atoms with Gasteiger partial charge in [0.2, 0.25) is 11.8 Å². The first-order valence-electron chi connectivity index (χ1n) is 8.95. The second-order valence-corrected chi connectivity index (χ2v) is 6.77. The number of hydrogen-bond donors (Lipinski definition) is 0. The Kier molecular flexibility index (Phi) is 4.52. The molecule has 1 amide bonds. The average Bonchev–Trinajstić information content (AvgIpc) is 3.18. The maximum absolute atomic E-state index is 12.8. The first-order chi connectivity index (χ1) is 12.7. The number of nitrogens with zero attached hydrogens (tertiary/aromatic N) is 3. The van der Waals surface area contributed by atoms with Crippen molar-refractivity contribution in [3.05, 3.63) is 71.6 Å². The quantitative estimate of drug-likeness (QED) is 0.717. The second kappa shape index (κ2) is 7.12. The predicted octanol–water partition coefficient (Wildman–Crippen LogP) is 4.06. The normalized spacial score (nSPS) is 17.3. The van der Waals surface area contributed by atoms with Crippen molar-refractivity contribution < 1.29 is 9.21 Å². The van der Waals surface area contributed by atoms with E-state index in [0.29, 0.717) is 18.3 Å². The molecule has 0 unspecified atom stereocenters. The van der Waals surface area contributed by atoms with Crippen molar-refractivity contribution in [2.75, 3.05) is 13.1 Å². The van der Waals surface area contributed by atoms with E-state index in [1.54, 1.807) is 0 Å². The van der Waals surface area contributed by atoms with Gasteiger partial charge in [-0.25, -0.2) is 0 Å². The maximum atomic E-state index is 12.8. The van der Waals surface area contributed by atoms with Gasteiger partial charge in [-0.05, 0) is 44.0 Å². The van der Waals surface area contributed by atoms with Crippen molar-refractivity contribution in [2.45, 2.75) is 25.7 Å². The molecule has 3 aromatic rings. The van der Waals surface area contributed by atoms with E-state index < -0.39 is 0 Å². The number of likely N-dealkylation sites (tertiary alicyclic amines) is 1. The molecule has 2 heterocycles. The number of piperidine rings is 1. The molecule has 0 N–H and O–H groups in total. The summed E-state index contributed by atoms with van der Waals surface area (Å²) in [6, 6.07) is 17.5. The molecule has 1 saturated heterocycles. The van der Waals surface area contributed by atoms with Crippen LogP contribution in [0.2, 0.25) is 0 Å². The molecule has 0 bridgehead atoms. The Morgan fingerprint density at radius 1 is 1.12 bits per heavy atom. The summed E-state index contributed by atoms with van der Waals surface area (Å²) >= 11 is 0. The van der Waals surface area contributed by atoms with Gasteiger partial charge < -0.3 is 9.32 Å². The van der Waals surface area contributed by atoms with Gasteiger partial charge in [-0.2, -0.15) is 0 Å². The van der Waals surface area contributed by atoms with E-state index in [4.69, 9.17) is 4.42 Å². The van der Waals surface area contributed by atoms with E-state index in [0.717, 1.165) is 36.1 Å². The molecule has 132 valence electrons. The Balaban J connectivity index is 1.50. The summed E-state index contributed by atoms with van der Waals surface area (Å²) in [4.78, 5) is 14.7. The Morgan fingerprint density at radius 2 is 1.96 bits per heavy atom. The number of carbonyl (C=O) groups excluding carboxylic acids is 1. The fraction of sp³-hybridized carbons (Fsp3) is 0.286. The molecule has 1 fully saturated rings. The molecule has 5 nitrogen and oxygen atoms in total. The topological polar surface area (TPSA) is 59.2 Å². The number of carbonyl (C=O) groups is 1. The highest BCUT2D eigenvalue weighted by molar-refractivity contribution is 5.94. The van der Waals surface area contributed by atoms with Gasteiger partial charge in [0.15, 0.2) is 0 Å². The van der Waals surface area contributed by atoms with Crippen LogP contribution in [0, 0.1) is 6.92 Å². The predicted molar refractivity (Wildman–Crippen MR) is 98.8 cm³/mol. The van der Waals surface area contributed by atoms with Gasteiger partial charge in [0.1, 0.15) is 0 Å². The first kappa shape index (κ1) is 16.5. The Bertz CT molecular complexity index is 904. The summed E-state index contributed by atoms with van der Waals surface area (Å²) in [7, 11) is 0. The van der Waals surface area contributed by atoms with Gasteiger partial charge in [-0.1, -0.05) is 35.9 Å². The van der Waals surface area contributed by atoms with Crippen LogP contribution < -0.4 is 0 Å². The molecule has 1 atom stereocenters. The van der Waals surface area contributed by atoms with Crippen LogP contribution in [0.25, 0.3) is 11.5 Å². The minimum Gasteiger partial charge on any atom is -0.420 e. The minimum atomic E-state index is 0.0706. The molecule has 4 rings (SSSR count). The molecule has 0 aliphatic carbocycles. The van der Waals surface area contributed by atoms with Gasteiger partial charge in [0, 0.05) is 24.2 Å². The Hall–Kier alpha value is -2.95. The third-order valence-corrected chi connectivity index (χ3v) is 4.78. The maximum Gasteiger partial charge on any atom is 0.253 e. The number of benzene rings is 2. The number of hydrogen-bond acceptors (Lipinski definition) is 4. The molecule has 1 aliphatic rings. The zero-order valence-electron chi connectivity index (χ0n) is 14.8. The lowest BCUT2D eigenvalue weighted by Gasteiger charge is -2.31. The van der Waals surface area contributed by atoms with Crippen LogP contribution in [0.4, 0.5) is 0 Å². The fourth-order valence-corrected chi connectivity index (χ4v) is 3.42. The molecule has 0 spiro atoms. The van der Waals surface area contributed by atoms with Crippen molar-refractivity contribution in [1.29, 1.82) is 0 Å². The molecule has 1 aromatic heterocycles. The summed E-state index contributed by atoms with van der Waals surface area (Å²) in [6.07, 6.45) is 1.89. The monoisotopic (exact) mass is 347 g/mol. The fourth-order valence-electron chi connectivity index (χ4n) is 3.42. The molecule has 5 heteroatoms. The van der Waals surface area contributed by atoms with Crippen LogP contribution in [0.3, 0.4) is 0 Å². The van der Waals surface area contributed by atoms with Crippen LogP contribution in [0.15, 0.2) is 59.0 Å². The highest BCUT2D eigenvalue weighted by Crippen LogP contribution is 2.29. The second-order valence-electron chi connectivity index (χ2n) is 6.77. The van der Waals surface area contributed by atoms with E-state index in [1.165, 1.54) is 0 Å². The average molecular weight is 347 g/mol. The number of rotatable bonds is 3. The Labute approximate surface area is 152 Å². The molecular weight excluding hydrogens is 326 g/mol. The van der Waals surface area contributed by atoms with E-state index in [-0.39, 0.29) is 11.8 Å². The summed E-state index contributed by atoms with van der Waals surface area (Å²) < 4.78 is 5.90. The van der Waals surface area contributed by atoms with Gasteiger partial charge in [-0.15, -0.1) is 10.2 Å². The third-order valence-electron chi connectivity index (χ3n) is 4.78. The van der Waals surface area contributed by atoms with Crippen molar-refractivity contribution >= 4 is 5.91 Å². The van der Waals surface area contributed by atoms with Gasteiger partial charge >= 0.3 is 0 Å².